The van der Waals surface area contributed by atoms with Crippen LogP contribution in [0.25, 0.3) is 0 Å². The van der Waals surface area contributed by atoms with Crippen LogP contribution < -0.4 is 5.32 Å². The minimum Gasteiger partial charge on any atom is -0.311 e. The van der Waals surface area contributed by atoms with Crippen molar-refractivity contribution in [1.82, 2.24) is 5.32 Å². The van der Waals surface area contributed by atoms with Gasteiger partial charge in [-0.15, -0.1) is 0 Å². The molecule has 1 saturated carbocycles. The van der Waals surface area contributed by atoms with E-state index in [4.69, 9.17) is 0 Å². The Labute approximate surface area is 89.7 Å². The summed E-state index contributed by atoms with van der Waals surface area (Å²) in [5.74, 6) is 0. The molecule has 1 aliphatic rings. The molecule has 1 heteroatoms. The van der Waals surface area contributed by atoms with Crippen LogP contribution in [0.4, 0.5) is 0 Å². The molecule has 0 aromatic heterocycles. The van der Waals surface area contributed by atoms with Crippen molar-refractivity contribution in [2.45, 2.75) is 72.9 Å². The van der Waals surface area contributed by atoms with Gasteiger partial charge in [0.1, 0.15) is 0 Å². The van der Waals surface area contributed by atoms with Gasteiger partial charge in [0.15, 0.2) is 0 Å². The second kappa shape index (κ2) is 3.84. The fraction of sp³-hybridized carbons (Fsp3) is 1.00. The molecule has 0 aromatic rings. The molecule has 0 bridgehead atoms. The lowest BCUT2D eigenvalue weighted by molar-refractivity contribution is 0.255. The Bertz CT molecular complexity index is 188. The summed E-state index contributed by atoms with van der Waals surface area (Å²) in [7, 11) is 0. The van der Waals surface area contributed by atoms with Crippen molar-refractivity contribution in [2.75, 3.05) is 0 Å². The molecular weight excluding hydrogens is 170 g/mol. The predicted molar refractivity (Wildman–Crippen MR) is 63.5 cm³/mol. The zero-order chi connectivity index (χ0) is 11.0. The maximum absolute atomic E-state index is 3.77. The van der Waals surface area contributed by atoms with Gasteiger partial charge in [-0.2, -0.15) is 0 Å². The smallest absolute Gasteiger partial charge is 0.00898 e. The zero-order valence-corrected chi connectivity index (χ0v) is 10.8. The first-order valence-electron chi connectivity index (χ1n) is 5.97. The highest BCUT2D eigenvalue weighted by atomic mass is 15.0. The molecule has 14 heavy (non-hydrogen) atoms. The molecule has 1 rings (SSSR count). The van der Waals surface area contributed by atoms with Crippen LogP contribution in [0.2, 0.25) is 0 Å². The van der Waals surface area contributed by atoms with Crippen LogP contribution in [0, 0.1) is 10.8 Å². The summed E-state index contributed by atoms with van der Waals surface area (Å²) in [6, 6.07) is 1.36. The van der Waals surface area contributed by atoms with Crippen LogP contribution in [0.5, 0.6) is 0 Å². The predicted octanol–water partition coefficient (Wildman–Crippen LogP) is 3.59. The Kier molecular flexibility index (Phi) is 3.30. The molecule has 2 unspecified atom stereocenters. The van der Waals surface area contributed by atoms with Crippen molar-refractivity contribution in [1.29, 1.82) is 0 Å². The van der Waals surface area contributed by atoms with Gasteiger partial charge in [-0.3, -0.25) is 0 Å². The third-order valence-corrected chi connectivity index (χ3v) is 3.75. The summed E-state index contributed by atoms with van der Waals surface area (Å²) < 4.78 is 0. The molecule has 2 atom stereocenters. The van der Waals surface area contributed by atoms with E-state index in [1.165, 1.54) is 19.3 Å². The van der Waals surface area contributed by atoms with Gasteiger partial charge in [0, 0.05) is 12.1 Å². The minimum atomic E-state index is 0.382. The molecule has 0 amide bonds. The fourth-order valence-electron chi connectivity index (χ4n) is 2.18. The van der Waals surface area contributed by atoms with Crippen LogP contribution >= 0.6 is 0 Å². The molecule has 84 valence electrons. The highest BCUT2D eigenvalue weighted by molar-refractivity contribution is 4.89. The van der Waals surface area contributed by atoms with Crippen LogP contribution in [0.1, 0.15) is 60.8 Å². The van der Waals surface area contributed by atoms with Crippen molar-refractivity contribution < 1.29 is 0 Å². The average molecular weight is 197 g/mol. The molecule has 0 spiro atoms. The lowest BCUT2D eigenvalue weighted by Crippen LogP contribution is -2.43. The molecule has 1 nitrogen and oxygen atoms in total. The monoisotopic (exact) mass is 197 g/mol. The Morgan fingerprint density at radius 1 is 1.29 bits per heavy atom. The Balaban J connectivity index is 2.40. The van der Waals surface area contributed by atoms with Gasteiger partial charge in [-0.05, 0) is 37.0 Å². The van der Waals surface area contributed by atoms with E-state index in [1.54, 1.807) is 0 Å². The fourth-order valence-corrected chi connectivity index (χ4v) is 2.18. The van der Waals surface area contributed by atoms with E-state index in [0.29, 0.717) is 16.9 Å². The quantitative estimate of drug-likeness (QED) is 0.713. The van der Waals surface area contributed by atoms with Crippen molar-refractivity contribution in [3.05, 3.63) is 0 Å². The molecule has 0 aliphatic heterocycles. The maximum atomic E-state index is 3.77. The highest BCUT2D eigenvalue weighted by Crippen LogP contribution is 2.37. The Morgan fingerprint density at radius 3 is 2.21 bits per heavy atom. The van der Waals surface area contributed by atoms with E-state index in [-0.39, 0.29) is 0 Å². The van der Waals surface area contributed by atoms with Crippen molar-refractivity contribution in [3.8, 4) is 0 Å². The summed E-state index contributed by atoms with van der Waals surface area (Å²) in [6.07, 6.45) is 4.07. The molecule has 0 radical (unpaired) electrons. The van der Waals surface area contributed by atoms with Gasteiger partial charge in [-0.1, -0.05) is 34.6 Å². The van der Waals surface area contributed by atoms with Crippen molar-refractivity contribution in [3.63, 3.8) is 0 Å². The van der Waals surface area contributed by atoms with Crippen molar-refractivity contribution in [2.24, 2.45) is 10.8 Å². The minimum absolute atomic E-state index is 0.382. The lowest BCUT2D eigenvalue weighted by Gasteiger charge is -2.31. The normalized spacial score (nSPS) is 29.1. The molecule has 1 fully saturated rings. The first kappa shape index (κ1) is 12.0. The van der Waals surface area contributed by atoms with Crippen LogP contribution in [-0.2, 0) is 0 Å². The summed E-state index contributed by atoms with van der Waals surface area (Å²) >= 11 is 0. The average Bonchev–Trinajstić information content (AvgIpc) is 2.28. The van der Waals surface area contributed by atoms with Gasteiger partial charge >= 0.3 is 0 Å². The Morgan fingerprint density at radius 2 is 1.86 bits per heavy atom. The first-order valence-corrected chi connectivity index (χ1v) is 5.97. The van der Waals surface area contributed by atoms with Gasteiger partial charge in [0.25, 0.3) is 0 Å². The van der Waals surface area contributed by atoms with E-state index >= 15 is 0 Å². The number of rotatable bonds is 2. The summed E-state index contributed by atoms with van der Waals surface area (Å²) in [5.41, 5.74) is 0.946. The number of hydrogen-bond donors (Lipinski definition) is 1. The third kappa shape index (κ3) is 3.27. The van der Waals surface area contributed by atoms with E-state index in [0.717, 1.165) is 6.04 Å². The Hall–Kier alpha value is -0.0400. The lowest BCUT2D eigenvalue weighted by atomic mass is 9.87. The second-order valence-electron chi connectivity index (χ2n) is 6.86. The molecule has 0 aromatic carbocycles. The summed E-state index contributed by atoms with van der Waals surface area (Å²) in [5, 5.41) is 3.77. The SMILES string of the molecule is CC(NC1CCC(C)(C)C1)C(C)(C)C. The largest absolute Gasteiger partial charge is 0.311 e. The van der Waals surface area contributed by atoms with E-state index in [9.17, 15) is 0 Å². The maximum Gasteiger partial charge on any atom is 0.00898 e. The number of hydrogen-bond acceptors (Lipinski definition) is 1. The van der Waals surface area contributed by atoms with Crippen LogP contribution in [0.15, 0.2) is 0 Å². The van der Waals surface area contributed by atoms with Crippen molar-refractivity contribution >= 4 is 0 Å². The topological polar surface area (TPSA) is 12.0 Å². The van der Waals surface area contributed by atoms with Gasteiger partial charge < -0.3 is 5.32 Å². The highest BCUT2D eigenvalue weighted by Gasteiger charge is 2.32. The van der Waals surface area contributed by atoms with Gasteiger partial charge in [-0.25, -0.2) is 0 Å². The van der Waals surface area contributed by atoms with E-state index in [2.05, 4.69) is 46.9 Å². The van der Waals surface area contributed by atoms with Gasteiger partial charge in [0.05, 0.1) is 0 Å². The summed E-state index contributed by atoms with van der Waals surface area (Å²) in [6.45, 7) is 14.0. The van der Waals surface area contributed by atoms with E-state index in [1.807, 2.05) is 0 Å². The summed E-state index contributed by atoms with van der Waals surface area (Å²) in [4.78, 5) is 0. The van der Waals surface area contributed by atoms with Gasteiger partial charge in [0.2, 0.25) is 0 Å². The van der Waals surface area contributed by atoms with Crippen LogP contribution in [-0.4, -0.2) is 12.1 Å². The third-order valence-electron chi connectivity index (χ3n) is 3.75. The molecular formula is C13H27N. The second-order valence-corrected chi connectivity index (χ2v) is 6.86. The molecule has 0 saturated heterocycles. The van der Waals surface area contributed by atoms with E-state index < -0.39 is 0 Å². The standard InChI is InChI=1S/C13H27N/c1-10(12(2,3)4)14-11-7-8-13(5,6)9-11/h10-11,14H,7-9H2,1-6H3. The molecule has 1 N–H and O–H groups in total. The molecule has 0 heterocycles. The first-order chi connectivity index (χ1) is 6.21. The van der Waals surface area contributed by atoms with Crippen LogP contribution in [0.3, 0.4) is 0 Å². The molecule has 1 aliphatic carbocycles. The zero-order valence-electron chi connectivity index (χ0n) is 10.8. The number of nitrogens with one attached hydrogen (secondary N) is 1.